The Labute approximate surface area is 111 Å². The minimum atomic E-state index is -0.0690. The van der Waals surface area contributed by atoms with E-state index < -0.39 is 0 Å². The highest BCUT2D eigenvalue weighted by molar-refractivity contribution is 5.93. The van der Waals surface area contributed by atoms with Crippen LogP contribution >= 0.6 is 0 Å². The average molecular weight is 259 g/mol. The normalized spacial score (nSPS) is 10.4. The van der Waals surface area contributed by atoms with Gasteiger partial charge >= 0.3 is 0 Å². The van der Waals surface area contributed by atoms with E-state index in [4.69, 9.17) is 0 Å². The highest BCUT2D eigenvalue weighted by Crippen LogP contribution is 2.04. The molecule has 0 fully saturated rings. The molecule has 6 heteroatoms. The van der Waals surface area contributed by atoms with Crippen molar-refractivity contribution in [1.82, 2.24) is 25.6 Å². The molecule has 1 aromatic carbocycles. The summed E-state index contributed by atoms with van der Waals surface area (Å²) >= 11 is 0. The van der Waals surface area contributed by atoms with E-state index in [1.165, 1.54) is 0 Å². The van der Waals surface area contributed by atoms with E-state index in [-0.39, 0.29) is 5.91 Å². The van der Waals surface area contributed by atoms with Crippen LogP contribution in [0.5, 0.6) is 0 Å². The second kappa shape index (κ2) is 6.10. The first-order chi connectivity index (χ1) is 9.20. The van der Waals surface area contributed by atoms with Gasteiger partial charge in [-0.05, 0) is 17.7 Å². The van der Waals surface area contributed by atoms with Gasteiger partial charge in [0.05, 0.1) is 11.9 Å². The lowest BCUT2D eigenvalue weighted by molar-refractivity contribution is 0.0963. The Kier molecular flexibility index (Phi) is 4.25. The third kappa shape index (κ3) is 3.38. The molecule has 2 rings (SSSR count). The number of hydrogen-bond acceptors (Lipinski definition) is 4. The zero-order valence-electron chi connectivity index (χ0n) is 11.1. The van der Waals surface area contributed by atoms with Crippen molar-refractivity contribution in [3.8, 4) is 0 Å². The summed E-state index contributed by atoms with van der Waals surface area (Å²) in [5, 5.41) is 13.6. The second-order valence-corrected chi connectivity index (χ2v) is 4.23. The molecule has 0 aliphatic rings. The van der Waals surface area contributed by atoms with Crippen molar-refractivity contribution in [2.24, 2.45) is 7.05 Å². The van der Waals surface area contributed by atoms with E-state index >= 15 is 0 Å². The fraction of sp³-hybridized carbons (Fsp3) is 0.308. The monoisotopic (exact) mass is 259 g/mol. The van der Waals surface area contributed by atoms with E-state index in [0.29, 0.717) is 12.1 Å². The fourth-order valence-electron chi connectivity index (χ4n) is 1.72. The molecule has 0 aliphatic carbocycles. The number of rotatable bonds is 5. The largest absolute Gasteiger partial charge is 0.355 e. The van der Waals surface area contributed by atoms with Gasteiger partial charge in [-0.15, -0.1) is 5.10 Å². The molecule has 2 N–H and O–H groups in total. The number of hydrogen-bond donors (Lipinski definition) is 2. The van der Waals surface area contributed by atoms with Gasteiger partial charge < -0.3 is 10.6 Å². The summed E-state index contributed by atoms with van der Waals surface area (Å²) < 4.78 is 1.74. The molecule has 100 valence electrons. The Bertz CT molecular complexity index is 546. The molecule has 2 aromatic rings. The summed E-state index contributed by atoms with van der Waals surface area (Å²) in [6.45, 7) is 1.44. The van der Waals surface area contributed by atoms with Crippen LogP contribution in [0.25, 0.3) is 0 Å². The van der Waals surface area contributed by atoms with Gasteiger partial charge in [0.25, 0.3) is 5.91 Å². The van der Waals surface area contributed by atoms with Crippen LogP contribution < -0.4 is 10.6 Å². The van der Waals surface area contributed by atoms with E-state index in [0.717, 1.165) is 17.8 Å². The number of carbonyl (C=O) groups is 1. The third-order valence-electron chi connectivity index (χ3n) is 2.89. The van der Waals surface area contributed by atoms with Crippen molar-refractivity contribution in [1.29, 1.82) is 0 Å². The van der Waals surface area contributed by atoms with Crippen molar-refractivity contribution < 1.29 is 4.79 Å². The molecule has 1 amide bonds. The molecule has 19 heavy (non-hydrogen) atoms. The first-order valence-corrected chi connectivity index (χ1v) is 6.06. The van der Waals surface area contributed by atoms with Gasteiger partial charge in [0.2, 0.25) is 0 Å². The maximum absolute atomic E-state index is 11.4. The second-order valence-electron chi connectivity index (χ2n) is 4.23. The van der Waals surface area contributed by atoms with Crippen LogP contribution in [0.2, 0.25) is 0 Å². The minimum Gasteiger partial charge on any atom is -0.355 e. The minimum absolute atomic E-state index is 0.0690. The summed E-state index contributed by atoms with van der Waals surface area (Å²) in [6, 6.07) is 7.53. The van der Waals surface area contributed by atoms with E-state index in [2.05, 4.69) is 20.9 Å². The van der Waals surface area contributed by atoms with Crippen molar-refractivity contribution >= 4 is 5.91 Å². The molecular weight excluding hydrogens is 242 g/mol. The van der Waals surface area contributed by atoms with Crippen molar-refractivity contribution in [3.63, 3.8) is 0 Å². The Morgan fingerprint density at radius 1 is 1.26 bits per heavy atom. The first kappa shape index (κ1) is 13.2. The molecule has 0 aliphatic heterocycles. The number of aryl methyl sites for hydroxylation is 1. The maximum Gasteiger partial charge on any atom is 0.251 e. The molecule has 0 bridgehead atoms. The highest BCUT2D eigenvalue weighted by Gasteiger charge is 2.03. The van der Waals surface area contributed by atoms with E-state index in [1.54, 1.807) is 17.9 Å². The zero-order valence-corrected chi connectivity index (χ0v) is 11.1. The van der Waals surface area contributed by atoms with Crippen LogP contribution in [0.15, 0.2) is 30.5 Å². The van der Waals surface area contributed by atoms with Crippen molar-refractivity contribution in [3.05, 3.63) is 47.3 Å². The van der Waals surface area contributed by atoms with Gasteiger partial charge in [-0.1, -0.05) is 17.3 Å². The Balaban J connectivity index is 1.86. The SMILES string of the molecule is CNC(=O)c1ccc(CNCc2cnnn2C)cc1. The quantitative estimate of drug-likeness (QED) is 0.818. The molecular formula is C13H17N5O. The summed E-state index contributed by atoms with van der Waals surface area (Å²) in [5.41, 5.74) is 2.83. The summed E-state index contributed by atoms with van der Waals surface area (Å²) in [4.78, 5) is 11.4. The molecule has 0 unspecified atom stereocenters. The lowest BCUT2D eigenvalue weighted by atomic mass is 10.1. The van der Waals surface area contributed by atoms with Gasteiger partial charge in [0.1, 0.15) is 0 Å². The van der Waals surface area contributed by atoms with E-state index in [1.807, 2.05) is 31.3 Å². The molecule has 0 saturated heterocycles. The topological polar surface area (TPSA) is 71.8 Å². The lowest BCUT2D eigenvalue weighted by Crippen LogP contribution is -2.18. The summed E-state index contributed by atoms with van der Waals surface area (Å²) in [6.07, 6.45) is 1.74. The smallest absolute Gasteiger partial charge is 0.251 e. The van der Waals surface area contributed by atoms with Gasteiger partial charge in [-0.2, -0.15) is 0 Å². The van der Waals surface area contributed by atoms with Gasteiger partial charge in [-0.25, -0.2) is 0 Å². The summed E-state index contributed by atoms with van der Waals surface area (Å²) in [7, 11) is 3.49. The van der Waals surface area contributed by atoms with Crippen molar-refractivity contribution in [2.45, 2.75) is 13.1 Å². The zero-order chi connectivity index (χ0) is 13.7. The van der Waals surface area contributed by atoms with Gasteiger partial charge in [0, 0.05) is 32.7 Å². The number of nitrogens with one attached hydrogen (secondary N) is 2. The van der Waals surface area contributed by atoms with Crippen LogP contribution in [0.3, 0.4) is 0 Å². The standard InChI is InChI=1S/C13H17N5O/c1-14-13(19)11-5-3-10(4-6-11)7-15-8-12-9-16-17-18(12)2/h3-6,9,15H,7-8H2,1-2H3,(H,14,19). The summed E-state index contributed by atoms with van der Waals surface area (Å²) in [5.74, 6) is -0.0690. The molecule has 0 saturated carbocycles. The molecule has 0 spiro atoms. The fourth-order valence-corrected chi connectivity index (χ4v) is 1.72. The number of nitrogens with zero attached hydrogens (tertiary/aromatic N) is 3. The molecule has 0 radical (unpaired) electrons. The maximum atomic E-state index is 11.4. The van der Waals surface area contributed by atoms with E-state index in [9.17, 15) is 4.79 Å². The number of benzene rings is 1. The van der Waals surface area contributed by atoms with Crippen LogP contribution in [0.1, 0.15) is 21.6 Å². The predicted octanol–water partition coefficient (Wildman–Crippen LogP) is 0.464. The lowest BCUT2D eigenvalue weighted by Gasteiger charge is -2.06. The Hall–Kier alpha value is -2.21. The molecule has 1 heterocycles. The highest BCUT2D eigenvalue weighted by atomic mass is 16.1. The first-order valence-electron chi connectivity index (χ1n) is 6.06. The molecule has 6 nitrogen and oxygen atoms in total. The van der Waals surface area contributed by atoms with Crippen LogP contribution in [0.4, 0.5) is 0 Å². The third-order valence-corrected chi connectivity index (χ3v) is 2.89. The Morgan fingerprint density at radius 3 is 2.58 bits per heavy atom. The van der Waals surface area contributed by atoms with Crippen LogP contribution in [-0.4, -0.2) is 27.9 Å². The number of amides is 1. The number of aromatic nitrogens is 3. The number of carbonyl (C=O) groups excluding carboxylic acids is 1. The molecule has 1 aromatic heterocycles. The molecule has 0 atom stereocenters. The van der Waals surface area contributed by atoms with Gasteiger partial charge in [-0.3, -0.25) is 9.48 Å². The van der Waals surface area contributed by atoms with Crippen LogP contribution in [0, 0.1) is 0 Å². The predicted molar refractivity (Wildman–Crippen MR) is 71.4 cm³/mol. The van der Waals surface area contributed by atoms with Gasteiger partial charge in [0.15, 0.2) is 0 Å². The average Bonchev–Trinajstić information content (AvgIpc) is 2.84. The van der Waals surface area contributed by atoms with Crippen LogP contribution in [-0.2, 0) is 20.1 Å². The van der Waals surface area contributed by atoms with Crippen molar-refractivity contribution in [2.75, 3.05) is 7.05 Å². The Morgan fingerprint density at radius 2 is 2.00 bits per heavy atom.